The van der Waals surface area contributed by atoms with Crippen LogP contribution in [0, 0.1) is 0 Å². The molecule has 160 valence electrons. The first-order chi connectivity index (χ1) is 15.6. The maximum Gasteiger partial charge on any atom is 0.248 e. The molecule has 0 spiro atoms. The van der Waals surface area contributed by atoms with E-state index in [2.05, 4.69) is 5.32 Å². The summed E-state index contributed by atoms with van der Waals surface area (Å²) in [6.45, 7) is 2.57. The summed E-state index contributed by atoms with van der Waals surface area (Å²) >= 11 is 7.84. The fraction of sp³-hybridized carbons (Fsp3) is 0.0769. The largest absolute Gasteiger partial charge is 0.494 e. The Morgan fingerprint density at radius 1 is 1.09 bits per heavy atom. The highest BCUT2D eigenvalue weighted by molar-refractivity contribution is 7.13. The maximum atomic E-state index is 12.4. The molecular formula is C26H21ClN2O2S. The van der Waals surface area contributed by atoms with E-state index in [9.17, 15) is 4.79 Å². The summed E-state index contributed by atoms with van der Waals surface area (Å²) in [4.78, 5) is 17.1. The van der Waals surface area contributed by atoms with E-state index >= 15 is 0 Å². The average Bonchev–Trinajstić information content (AvgIpc) is 3.29. The molecule has 0 aliphatic rings. The van der Waals surface area contributed by atoms with E-state index in [1.165, 1.54) is 17.4 Å². The Morgan fingerprint density at radius 3 is 2.69 bits per heavy atom. The number of amides is 1. The van der Waals surface area contributed by atoms with Crippen LogP contribution in [0.5, 0.6) is 5.75 Å². The monoisotopic (exact) mass is 460 g/mol. The molecule has 0 saturated carbocycles. The molecule has 1 amide bonds. The predicted molar refractivity (Wildman–Crippen MR) is 133 cm³/mol. The van der Waals surface area contributed by atoms with Crippen molar-refractivity contribution in [1.29, 1.82) is 0 Å². The molecule has 0 bridgehead atoms. The van der Waals surface area contributed by atoms with Crippen molar-refractivity contribution < 1.29 is 9.53 Å². The minimum absolute atomic E-state index is 0.203. The first kappa shape index (κ1) is 21.8. The number of carbonyl (C=O) groups is 1. The highest BCUT2D eigenvalue weighted by Crippen LogP contribution is 2.33. The zero-order valence-electron chi connectivity index (χ0n) is 17.4. The van der Waals surface area contributed by atoms with E-state index in [0.29, 0.717) is 17.3 Å². The zero-order chi connectivity index (χ0) is 22.3. The van der Waals surface area contributed by atoms with Gasteiger partial charge in [0.05, 0.1) is 17.3 Å². The third kappa shape index (κ3) is 5.44. The van der Waals surface area contributed by atoms with Gasteiger partial charge in [0.15, 0.2) is 0 Å². The average molecular weight is 461 g/mol. The topological polar surface area (TPSA) is 51.2 Å². The summed E-state index contributed by atoms with van der Waals surface area (Å²) in [6.07, 6.45) is 3.28. The molecule has 0 saturated heterocycles. The molecule has 0 aliphatic heterocycles. The number of halogens is 1. The number of hydrogen-bond donors (Lipinski definition) is 1. The number of nitrogens with one attached hydrogen (secondary N) is 1. The summed E-state index contributed by atoms with van der Waals surface area (Å²) in [5, 5.41) is 6.43. The number of carbonyl (C=O) groups excluding carboxylic acids is 1. The van der Waals surface area contributed by atoms with Crippen LogP contribution in [0.3, 0.4) is 0 Å². The van der Waals surface area contributed by atoms with E-state index in [-0.39, 0.29) is 5.91 Å². The SMILES string of the molecule is CCOc1ccc(/C=C/C(=O)Nc2cccc(-c3csc(-c4ccccc4Cl)n3)c2)cc1. The molecule has 4 aromatic rings. The molecule has 32 heavy (non-hydrogen) atoms. The molecule has 1 aromatic heterocycles. The predicted octanol–water partition coefficient (Wildman–Crippen LogP) is 7.18. The van der Waals surface area contributed by atoms with Gasteiger partial charge in [-0.25, -0.2) is 4.98 Å². The van der Waals surface area contributed by atoms with Gasteiger partial charge < -0.3 is 10.1 Å². The zero-order valence-corrected chi connectivity index (χ0v) is 19.0. The summed E-state index contributed by atoms with van der Waals surface area (Å²) < 4.78 is 5.43. The minimum Gasteiger partial charge on any atom is -0.494 e. The Labute approximate surface area is 196 Å². The van der Waals surface area contributed by atoms with E-state index < -0.39 is 0 Å². The second-order valence-electron chi connectivity index (χ2n) is 6.92. The van der Waals surface area contributed by atoms with Crippen molar-refractivity contribution in [2.75, 3.05) is 11.9 Å². The van der Waals surface area contributed by atoms with Crippen molar-refractivity contribution in [2.24, 2.45) is 0 Å². The van der Waals surface area contributed by atoms with E-state index in [1.54, 1.807) is 6.08 Å². The first-order valence-electron chi connectivity index (χ1n) is 10.1. The molecule has 0 fully saturated rings. The lowest BCUT2D eigenvalue weighted by molar-refractivity contribution is -0.111. The normalized spacial score (nSPS) is 10.9. The van der Waals surface area contributed by atoms with Crippen LogP contribution in [0.15, 0.2) is 84.3 Å². The lowest BCUT2D eigenvalue weighted by atomic mass is 10.1. The maximum absolute atomic E-state index is 12.4. The fourth-order valence-corrected chi connectivity index (χ4v) is 4.27. The third-order valence-electron chi connectivity index (χ3n) is 4.65. The van der Waals surface area contributed by atoms with Crippen LogP contribution in [0.1, 0.15) is 12.5 Å². The molecular weight excluding hydrogens is 440 g/mol. The molecule has 0 aliphatic carbocycles. The number of aromatic nitrogens is 1. The number of ether oxygens (including phenoxy) is 1. The van der Waals surface area contributed by atoms with Crippen LogP contribution < -0.4 is 10.1 Å². The van der Waals surface area contributed by atoms with E-state index in [1.807, 2.05) is 85.1 Å². The number of benzene rings is 3. The molecule has 3 aromatic carbocycles. The van der Waals surface area contributed by atoms with Gasteiger partial charge in [0.2, 0.25) is 5.91 Å². The molecule has 0 unspecified atom stereocenters. The molecule has 1 N–H and O–H groups in total. The molecule has 6 heteroatoms. The highest BCUT2D eigenvalue weighted by atomic mass is 35.5. The minimum atomic E-state index is -0.203. The number of hydrogen-bond acceptors (Lipinski definition) is 4. The van der Waals surface area contributed by atoms with Gasteiger partial charge in [-0.3, -0.25) is 4.79 Å². The van der Waals surface area contributed by atoms with Gasteiger partial charge in [0.1, 0.15) is 10.8 Å². The van der Waals surface area contributed by atoms with Crippen molar-refractivity contribution >= 4 is 40.6 Å². The smallest absolute Gasteiger partial charge is 0.248 e. The van der Waals surface area contributed by atoms with Crippen molar-refractivity contribution in [3.8, 4) is 27.6 Å². The Kier molecular flexibility index (Phi) is 7.00. The van der Waals surface area contributed by atoms with E-state index in [4.69, 9.17) is 21.3 Å². The second-order valence-corrected chi connectivity index (χ2v) is 8.19. The van der Waals surface area contributed by atoms with E-state index in [0.717, 1.165) is 33.1 Å². The molecule has 0 radical (unpaired) electrons. The van der Waals surface area contributed by atoms with Crippen molar-refractivity contribution in [1.82, 2.24) is 4.98 Å². The Bertz CT molecular complexity index is 1250. The van der Waals surface area contributed by atoms with Gasteiger partial charge in [0.25, 0.3) is 0 Å². The molecule has 0 atom stereocenters. The lowest BCUT2D eigenvalue weighted by Gasteiger charge is -2.05. The molecule has 4 nitrogen and oxygen atoms in total. The first-order valence-corrected chi connectivity index (χ1v) is 11.4. The summed E-state index contributed by atoms with van der Waals surface area (Å²) in [6, 6.07) is 22.9. The Morgan fingerprint density at radius 2 is 1.91 bits per heavy atom. The van der Waals surface area contributed by atoms with Crippen LogP contribution in [-0.4, -0.2) is 17.5 Å². The van der Waals surface area contributed by atoms with Crippen LogP contribution in [0.4, 0.5) is 5.69 Å². The van der Waals surface area contributed by atoms with Gasteiger partial charge in [-0.1, -0.05) is 54.1 Å². The van der Waals surface area contributed by atoms with Gasteiger partial charge >= 0.3 is 0 Å². The van der Waals surface area contributed by atoms with Crippen molar-refractivity contribution in [3.05, 3.63) is 94.8 Å². The quantitative estimate of drug-likeness (QED) is 0.297. The Balaban J connectivity index is 1.44. The third-order valence-corrected chi connectivity index (χ3v) is 5.86. The fourth-order valence-electron chi connectivity index (χ4n) is 3.12. The highest BCUT2D eigenvalue weighted by Gasteiger charge is 2.10. The van der Waals surface area contributed by atoms with Crippen LogP contribution in [-0.2, 0) is 4.79 Å². The van der Waals surface area contributed by atoms with Crippen LogP contribution in [0.25, 0.3) is 27.9 Å². The summed E-state index contributed by atoms with van der Waals surface area (Å²) in [5.41, 5.74) is 4.30. The number of rotatable bonds is 7. The van der Waals surface area contributed by atoms with Gasteiger partial charge in [-0.15, -0.1) is 11.3 Å². The van der Waals surface area contributed by atoms with Gasteiger partial charge in [-0.05, 0) is 48.9 Å². The second kappa shape index (κ2) is 10.3. The standard InChI is InChI=1S/C26H21ClN2O2S/c1-2-31-21-13-10-18(11-14-21)12-15-25(30)28-20-7-5-6-19(16-20)24-17-32-26(29-24)22-8-3-4-9-23(22)27/h3-17H,2H2,1H3,(H,28,30)/b15-12+. The van der Waals surface area contributed by atoms with Gasteiger partial charge in [0, 0.05) is 28.3 Å². The van der Waals surface area contributed by atoms with Gasteiger partial charge in [-0.2, -0.15) is 0 Å². The molecule has 4 rings (SSSR count). The van der Waals surface area contributed by atoms with Crippen molar-refractivity contribution in [3.63, 3.8) is 0 Å². The Hall–Kier alpha value is -3.41. The van der Waals surface area contributed by atoms with Crippen molar-refractivity contribution in [2.45, 2.75) is 6.92 Å². The van der Waals surface area contributed by atoms with Crippen LogP contribution in [0.2, 0.25) is 5.02 Å². The number of thiazole rings is 1. The lowest BCUT2D eigenvalue weighted by Crippen LogP contribution is -2.07. The summed E-state index contributed by atoms with van der Waals surface area (Å²) in [7, 11) is 0. The number of nitrogens with zero attached hydrogens (tertiary/aromatic N) is 1. The summed E-state index contributed by atoms with van der Waals surface area (Å²) in [5.74, 6) is 0.608. The van der Waals surface area contributed by atoms with Crippen LogP contribution >= 0.6 is 22.9 Å². The number of anilines is 1. The molecule has 1 heterocycles.